The lowest BCUT2D eigenvalue weighted by molar-refractivity contribution is -0.258. The maximum absolute atomic E-state index is 13.4. The minimum Gasteiger partial charge on any atom is -0.461 e. The molecule has 2 aliphatic carbocycles. The van der Waals surface area contributed by atoms with Crippen LogP contribution in [0.2, 0.25) is 0 Å². The van der Waals surface area contributed by atoms with Crippen molar-refractivity contribution in [2.24, 2.45) is 22.7 Å². The van der Waals surface area contributed by atoms with E-state index in [2.05, 4.69) is 0 Å². The Balaban J connectivity index is 2.16. The fraction of sp³-hybridized carbons (Fsp3) is 0.933. The molecule has 0 saturated heterocycles. The molecule has 2 bridgehead atoms. The maximum atomic E-state index is 13.4. The Morgan fingerprint density at radius 1 is 1.05 bits per heavy atom. The first-order valence-corrected chi connectivity index (χ1v) is 7.24. The molecule has 2 aliphatic rings. The number of carbonyl (C=O) groups excluding carboxylic acids is 1. The van der Waals surface area contributed by atoms with Gasteiger partial charge in [0.05, 0.1) is 0 Å². The molecule has 2 fully saturated rings. The Hall–Kier alpha value is -0.740. The molecule has 0 spiro atoms. The van der Waals surface area contributed by atoms with Gasteiger partial charge in [-0.1, -0.05) is 20.8 Å². The average molecular weight is 292 g/mol. The van der Waals surface area contributed by atoms with Crippen molar-refractivity contribution in [3.05, 3.63) is 0 Å². The molecule has 0 aromatic carbocycles. The molecular weight excluding hydrogens is 269 g/mol. The SMILES string of the molecule is CC(C)(C)C(C)(C(=O)OC1CC2CCC1C2)C(F)(F)F. The van der Waals surface area contributed by atoms with Crippen molar-refractivity contribution < 1.29 is 22.7 Å². The number of fused-ring (bicyclic) bond motifs is 2. The summed E-state index contributed by atoms with van der Waals surface area (Å²) >= 11 is 0. The zero-order valence-electron chi connectivity index (χ0n) is 12.5. The number of esters is 1. The summed E-state index contributed by atoms with van der Waals surface area (Å²) in [6.07, 6.45) is -1.11. The summed E-state index contributed by atoms with van der Waals surface area (Å²) in [4.78, 5) is 12.2. The van der Waals surface area contributed by atoms with Crippen LogP contribution in [0.4, 0.5) is 13.2 Å². The first kappa shape index (κ1) is 15.6. The summed E-state index contributed by atoms with van der Waals surface area (Å²) in [5.41, 5.74) is -3.71. The van der Waals surface area contributed by atoms with Gasteiger partial charge in [0.1, 0.15) is 6.10 Å². The Morgan fingerprint density at radius 3 is 2.00 bits per heavy atom. The van der Waals surface area contributed by atoms with Crippen LogP contribution in [0.5, 0.6) is 0 Å². The van der Waals surface area contributed by atoms with Crippen LogP contribution in [-0.4, -0.2) is 18.2 Å². The number of carbonyl (C=O) groups is 1. The second kappa shape index (κ2) is 4.63. The number of hydrogen-bond acceptors (Lipinski definition) is 2. The molecule has 2 rings (SSSR count). The summed E-state index contributed by atoms with van der Waals surface area (Å²) in [6, 6.07) is 0. The summed E-state index contributed by atoms with van der Waals surface area (Å²) < 4.78 is 45.5. The number of ether oxygens (including phenoxy) is 1. The van der Waals surface area contributed by atoms with E-state index in [9.17, 15) is 18.0 Å². The highest BCUT2D eigenvalue weighted by molar-refractivity contribution is 5.78. The van der Waals surface area contributed by atoms with Crippen molar-refractivity contribution in [3.63, 3.8) is 0 Å². The topological polar surface area (TPSA) is 26.3 Å². The molecule has 0 N–H and O–H groups in total. The van der Waals surface area contributed by atoms with Crippen LogP contribution < -0.4 is 0 Å². The number of rotatable bonds is 2. The molecule has 116 valence electrons. The van der Waals surface area contributed by atoms with E-state index in [1.165, 1.54) is 20.8 Å². The molecule has 20 heavy (non-hydrogen) atoms. The van der Waals surface area contributed by atoms with Crippen molar-refractivity contribution >= 4 is 5.97 Å². The predicted molar refractivity (Wildman–Crippen MR) is 68.9 cm³/mol. The lowest BCUT2D eigenvalue weighted by atomic mass is 9.67. The Labute approximate surface area is 118 Å². The molecule has 4 atom stereocenters. The largest absolute Gasteiger partial charge is 0.461 e. The van der Waals surface area contributed by atoms with E-state index in [1.54, 1.807) is 0 Å². The minimum atomic E-state index is -4.61. The third-order valence-corrected chi connectivity index (χ3v) is 5.41. The Kier molecular flexibility index (Phi) is 3.63. The third kappa shape index (κ3) is 2.33. The second-order valence-corrected chi connectivity index (χ2v) is 7.49. The number of alkyl halides is 3. The van der Waals surface area contributed by atoms with Gasteiger partial charge in [0.2, 0.25) is 0 Å². The molecule has 4 unspecified atom stereocenters. The third-order valence-electron chi connectivity index (χ3n) is 5.41. The maximum Gasteiger partial charge on any atom is 0.405 e. The van der Waals surface area contributed by atoms with Gasteiger partial charge in [0.15, 0.2) is 5.41 Å². The summed E-state index contributed by atoms with van der Waals surface area (Å²) in [7, 11) is 0. The van der Waals surface area contributed by atoms with Gasteiger partial charge in [-0.3, -0.25) is 4.79 Å². The molecule has 0 aromatic rings. The summed E-state index contributed by atoms with van der Waals surface area (Å²) in [5.74, 6) is -0.318. The van der Waals surface area contributed by atoms with E-state index >= 15 is 0 Å². The Morgan fingerprint density at radius 2 is 1.65 bits per heavy atom. The van der Waals surface area contributed by atoms with Gasteiger partial charge >= 0.3 is 12.1 Å². The highest BCUT2D eigenvalue weighted by Gasteiger charge is 2.64. The van der Waals surface area contributed by atoms with E-state index in [0.29, 0.717) is 5.92 Å². The van der Waals surface area contributed by atoms with Gasteiger partial charge in [-0.2, -0.15) is 13.2 Å². The average Bonchev–Trinajstić information content (AvgIpc) is 2.86. The fourth-order valence-corrected chi connectivity index (χ4v) is 3.43. The lowest BCUT2D eigenvalue weighted by Gasteiger charge is -2.41. The van der Waals surface area contributed by atoms with Crippen molar-refractivity contribution in [1.29, 1.82) is 0 Å². The molecule has 0 aromatic heterocycles. The Bertz CT molecular complexity index is 381. The van der Waals surface area contributed by atoms with Crippen LogP contribution in [0.15, 0.2) is 0 Å². The normalized spacial score (nSPS) is 33.0. The highest BCUT2D eigenvalue weighted by atomic mass is 19.4. The van der Waals surface area contributed by atoms with Crippen LogP contribution in [0.3, 0.4) is 0 Å². The molecule has 5 heteroatoms. The van der Waals surface area contributed by atoms with Gasteiger partial charge in [-0.05, 0) is 49.9 Å². The predicted octanol–water partition coefficient (Wildman–Crippen LogP) is 4.33. The smallest absolute Gasteiger partial charge is 0.405 e. The van der Waals surface area contributed by atoms with Crippen molar-refractivity contribution in [3.8, 4) is 0 Å². The summed E-state index contributed by atoms with van der Waals surface area (Å²) in [5, 5.41) is 0. The molecular formula is C15H23F3O2. The molecule has 0 amide bonds. The van der Waals surface area contributed by atoms with Crippen LogP contribution in [0, 0.1) is 22.7 Å². The van der Waals surface area contributed by atoms with Crippen molar-refractivity contribution in [2.45, 2.75) is 65.7 Å². The molecule has 0 radical (unpaired) electrons. The van der Waals surface area contributed by atoms with E-state index in [4.69, 9.17) is 4.74 Å². The van der Waals surface area contributed by atoms with Crippen LogP contribution >= 0.6 is 0 Å². The molecule has 0 heterocycles. The number of hydrogen-bond donors (Lipinski definition) is 0. The highest BCUT2D eigenvalue weighted by Crippen LogP contribution is 2.53. The second-order valence-electron chi connectivity index (χ2n) is 7.49. The van der Waals surface area contributed by atoms with E-state index in [0.717, 1.165) is 32.6 Å². The molecule has 0 aliphatic heterocycles. The standard InChI is InChI=1S/C15H23F3O2/c1-13(2,3)14(4,15(16,17)18)12(19)20-11-8-9-5-6-10(11)7-9/h9-11H,5-8H2,1-4H3. The minimum absolute atomic E-state index is 0.265. The van der Waals surface area contributed by atoms with Gasteiger partial charge in [-0.15, -0.1) is 0 Å². The van der Waals surface area contributed by atoms with Gasteiger partial charge in [0.25, 0.3) is 0 Å². The van der Waals surface area contributed by atoms with E-state index in [1.807, 2.05) is 0 Å². The zero-order chi connectivity index (χ0) is 15.3. The van der Waals surface area contributed by atoms with Gasteiger partial charge in [0, 0.05) is 0 Å². The van der Waals surface area contributed by atoms with Crippen molar-refractivity contribution in [2.75, 3.05) is 0 Å². The van der Waals surface area contributed by atoms with Crippen LogP contribution in [-0.2, 0) is 9.53 Å². The lowest BCUT2D eigenvalue weighted by Crippen LogP contribution is -2.53. The van der Waals surface area contributed by atoms with Gasteiger partial charge in [-0.25, -0.2) is 0 Å². The van der Waals surface area contributed by atoms with E-state index < -0.39 is 23.0 Å². The monoisotopic (exact) mass is 292 g/mol. The van der Waals surface area contributed by atoms with Crippen LogP contribution in [0.25, 0.3) is 0 Å². The zero-order valence-corrected chi connectivity index (χ0v) is 12.5. The quantitative estimate of drug-likeness (QED) is 0.708. The number of halogens is 3. The van der Waals surface area contributed by atoms with Gasteiger partial charge < -0.3 is 4.74 Å². The van der Waals surface area contributed by atoms with Crippen molar-refractivity contribution in [1.82, 2.24) is 0 Å². The van der Waals surface area contributed by atoms with E-state index in [-0.39, 0.29) is 12.0 Å². The molecule has 2 saturated carbocycles. The summed E-state index contributed by atoms with van der Waals surface area (Å²) in [6.45, 7) is 5.26. The fourth-order valence-electron chi connectivity index (χ4n) is 3.43. The van der Waals surface area contributed by atoms with Crippen LogP contribution in [0.1, 0.15) is 53.4 Å². The first-order valence-electron chi connectivity index (χ1n) is 7.24. The molecule has 2 nitrogen and oxygen atoms in total. The first-order chi connectivity index (χ1) is 8.97.